The van der Waals surface area contributed by atoms with Gasteiger partial charge in [-0.2, -0.15) is 0 Å². The van der Waals surface area contributed by atoms with E-state index >= 15 is 0 Å². The third kappa shape index (κ3) is 4.70. The number of benzene rings is 1. The third-order valence-electron chi connectivity index (χ3n) is 3.57. The van der Waals surface area contributed by atoms with Crippen LogP contribution >= 0.6 is 12.4 Å². The largest absolute Gasteiger partial charge is 0.493 e. The number of morpholine rings is 1. The molecule has 1 aliphatic rings. The molecule has 2 rings (SSSR count). The Hall–Kier alpha value is -1.57. The fourth-order valence-corrected chi connectivity index (χ4v) is 2.33. The van der Waals surface area contributed by atoms with Gasteiger partial charge in [0.2, 0.25) is 5.91 Å². The highest BCUT2D eigenvalue weighted by atomic mass is 35.5. The van der Waals surface area contributed by atoms with Crippen molar-refractivity contribution >= 4 is 18.3 Å². The van der Waals surface area contributed by atoms with E-state index in [4.69, 9.17) is 14.2 Å². The third-order valence-corrected chi connectivity index (χ3v) is 3.57. The molecule has 0 aromatic heterocycles. The van der Waals surface area contributed by atoms with E-state index < -0.39 is 17.9 Å². The maximum absolute atomic E-state index is 14.2. The van der Waals surface area contributed by atoms with Gasteiger partial charge < -0.3 is 24.8 Å². The van der Waals surface area contributed by atoms with Crippen LogP contribution in [0, 0.1) is 5.82 Å². The molecule has 0 radical (unpaired) electrons. The molecule has 1 amide bonds. The molecule has 23 heavy (non-hydrogen) atoms. The molecule has 0 saturated carbocycles. The lowest BCUT2D eigenvalue weighted by Crippen LogP contribution is -2.51. The smallest absolute Gasteiger partial charge is 0.240 e. The first-order chi connectivity index (χ1) is 10.6. The fourth-order valence-electron chi connectivity index (χ4n) is 2.33. The molecule has 0 aliphatic carbocycles. The van der Waals surface area contributed by atoms with Gasteiger partial charge in [-0.3, -0.25) is 4.79 Å². The number of ether oxygens (including phenoxy) is 3. The second kappa shape index (κ2) is 8.90. The number of hydrogen-bond acceptors (Lipinski definition) is 5. The first kappa shape index (κ1) is 19.5. The highest BCUT2D eigenvalue weighted by molar-refractivity contribution is 5.85. The number of rotatable bonds is 5. The van der Waals surface area contributed by atoms with E-state index in [9.17, 15) is 9.18 Å². The summed E-state index contributed by atoms with van der Waals surface area (Å²) >= 11 is 0. The van der Waals surface area contributed by atoms with Crippen molar-refractivity contribution in [2.75, 3.05) is 34.0 Å². The molecule has 1 heterocycles. The molecule has 2 unspecified atom stereocenters. The van der Waals surface area contributed by atoms with Crippen LogP contribution in [0.25, 0.3) is 0 Å². The van der Waals surface area contributed by atoms with Gasteiger partial charge in [-0.05, 0) is 13.0 Å². The average molecular weight is 349 g/mol. The summed E-state index contributed by atoms with van der Waals surface area (Å²) in [5.74, 6) is 0.0448. The Morgan fingerprint density at radius 2 is 2.04 bits per heavy atom. The second-order valence-corrected chi connectivity index (χ2v) is 5.04. The zero-order valence-electron chi connectivity index (χ0n) is 13.3. The molecule has 0 bridgehead atoms. The number of nitrogens with one attached hydrogen (secondary N) is 2. The Bertz CT molecular complexity index is 538. The van der Waals surface area contributed by atoms with Crippen molar-refractivity contribution in [2.45, 2.75) is 19.0 Å². The van der Waals surface area contributed by atoms with Gasteiger partial charge in [-0.1, -0.05) is 0 Å². The lowest BCUT2D eigenvalue weighted by atomic mass is 10.1. The lowest BCUT2D eigenvalue weighted by Gasteiger charge is -2.25. The Labute approximate surface area is 141 Å². The molecule has 1 aromatic rings. The standard InChI is InChI=1S/C15H21FN2O4.ClH/c1-9(18-15(19)12-8-22-5-4-17-12)10-6-13(20-2)14(21-3)7-11(10)16;/h6-7,9,12,17H,4-5,8H2,1-3H3,(H,18,19);1H. The molecule has 6 nitrogen and oxygen atoms in total. The van der Waals surface area contributed by atoms with Gasteiger partial charge in [0, 0.05) is 18.2 Å². The van der Waals surface area contributed by atoms with E-state index in [1.165, 1.54) is 26.4 Å². The number of methoxy groups -OCH3 is 2. The first-order valence-corrected chi connectivity index (χ1v) is 7.09. The minimum Gasteiger partial charge on any atom is -0.493 e. The second-order valence-electron chi connectivity index (χ2n) is 5.04. The van der Waals surface area contributed by atoms with E-state index in [0.29, 0.717) is 36.8 Å². The molecule has 1 saturated heterocycles. The van der Waals surface area contributed by atoms with Crippen LogP contribution in [0.4, 0.5) is 4.39 Å². The fraction of sp³-hybridized carbons (Fsp3) is 0.533. The van der Waals surface area contributed by atoms with Crippen molar-refractivity contribution < 1.29 is 23.4 Å². The highest BCUT2D eigenvalue weighted by Crippen LogP contribution is 2.32. The minimum atomic E-state index is -0.504. The molecular weight excluding hydrogens is 327 g/mol. The molecule has 1 aliphatic heterocycles. The summed E-state index contributed by atoms with van der Waals surface area (Å²) in [5.41, 5.74) is 0.336. The van der Waals surface area contributed by atoms with Crippen molar-refractivity contribution in [3.05, 3.63) is 23.5 Å². The normalized spacial score (nSPS) is 18.5. The molecule has 2 atom stereocenters. The monoisotopic (exact) mass is 348 g/mol. The van der Waals surface area contributed by atoms with Gasteiger partial charge in [0.1, 0.15) is 11.9 Å². The SMILES string of the molecule is COc1cc(F)c(C(C)NC(=O)C2COCCN2)cc1OC.Cl. The molecule has 1 fully saturated rings. The lowest BCUT2D eigenvalue weighted by molar-refractivity contribution is -0.126. The van der Waals surface area contributed by atoms with Crippen molar-refractivity contribution in [2.24, 2.45) is 0 Å². The van der Waals surface area contributed by atoms with Gasteiger partial charge in [0.15, 0.2) is 11.5 Å². The number of halogens is 2. The Morgan fingerprint density at radius 3 is 2.61 bits per heavy atom. The predicted molar refractivity (Wildman–Crippen MR) is 85.9 cm³/mol. The predicted octanol–water partition coefficient (Wildman–Crippen LogP) is 1.43. The van der Waals surface area contributed by atoms with Crippen molar-refractivity contribution in [1.29, 1.82) is 0 Å². The van der Waals surface area contributed by atoms with Crippen molar-refractivity contribution in [3.8, 4) is 11.5 Å². The Kier molecular flexibility index (Phi) is 7.54. The van der Waals surface area contributed by atoms with E-state index in [1.807, 2.05) is 0 Å². The van der Waals surface area contributed by atoms with Crippen LogP contribution in [-0.4, -0.2) is 45.9 Å². The van der Waals surface area contributed by atoms with Crippen LogP contribution in [0.1, 0.15) is 18.5 Å². The Balaban J connectivity index is 0.00000264. The summed E-state index contributed by atoms with van der Waals surface area (Å²) < 4.78 is 29.6. The van der Waals surface area contributed by atoms with Gasteiger partial charge in [0.05, 0.1) is 33.5 Å². The van der Waals surface area contributed by atoms with Crippen LogP contribution in [0.3, 0.4) is 0 Å². The summed E-state index contributed by atoms with van der Waals surface area (Å²) in [6.07, 6.45) is 0. The van der Waals surface area contributed by atoms with Crippen molar-refractivity contribution in [1.82, 2.24) is 10.6 Å². The summed E-state index contributed by atoms with van der Waals surface area (Å²) in [5, 5.41) is 5.83. The van der Waals surface area contributed by atoms with E-state index in [2.05, 4.69) is 10.6 Å². The summed E-state index contributed by atoms with van der Waals surface area (Å²) in [6.45, 7) is 3.24. The molecule has 8 heteroatoms. The highest BCUT2D eigenvalue weighted by Gasteiger charge is 2.24. The number of carbonyl (C=O) groups is 1. The van der Waals surface area contributed by atoms with Crippen molar-refractivity contribution in [3.63, 3.8) is 0 Å². The van der Waals surface area contributed by atoms with E-state index in [-0.39, 0.29) is 18.3 Å². The van der Waals surface area contributed by atoms with Crippen LogP contribution in [0.2, 0.25) is 0 Å². The van der Waals surface area contributed by atoms with Crippen LogP contribution in [0.5, 0.6) is 11.5 Å². The Morgan fingerprint density at radius 1 is 1.39 bits per heavy atom. The summed E-state index contributed by atoms with van der Waals surface area (Å²) in [4.78, 5) is 12.1. The van der Waals surface area contributed by atoms with E-state index in [1.54, 1.807) is 6.92 Å². The number of hydrogen-bond donors (Lipinski definition) is 2. The van der Waals surface area contributed by atoms with E-state index in [0.717, 1.165) is 0 Å². The van der Waals surface area contributed by atoms with Gasteiger partial charge in [-0.25, -0.2) is 4.39 Å². The molecule has 1 aromatic carbocycles. The van der Waals surface area contributed by atoms with Gasteiger partial charge >= 0.3 is 0 Å². The zero-order chi connectivity index (χ0) is 16.1. The maximum Gasteiger partial charge on any atom is 0.240 e. The zero-order valence-corrected chi connectivity index (χ0v) is 14.2. The molecular formula is C15H22ClFN2O4. The first-order valence-electron chi connectivity index (χ1n) is 7.09. The number of amides is 1. The maximum atomic E-state index is 14.2. The quantitative estimate of drug-likeness (QED) is 0.842. The van der Waals surface area contributed by atoms with Crippen LogP contribution in [-0.2, 0) is 9.53 Å². The van der Waals surface area contributed by atoms with Crippen LogP contribution < -0.4 is 20.1 Å². The molecule has 2 N–H and O–H groups in total. The topological polar surface area (TPSA) is 68.8 Å². The van der Waals surface area contributed by atoms with Gasteiger partial charge in [-0.15, -0.1) is 12.4 Å². The summed E-state index contributed by atoms with van der Waals surface area (Å²) in [6, 6.07) is 1.86. The molecule has 130 valence electrons. The van der Waals surface area contributed by atoms with Crippen LogP contribution in [0.15, 0.2) is 12.1 Å². The molecule has 0 spiro atoms. The summed E-state index contributed by atoms with van der Waals surface area (Å²) in [7, 11) is 2.92. The average Bonchev–Trinajstić information content (AvgIpc) is 2.55. The van der Waals surface area contributed by atoms with Gasteiger partial charge in [0.25, 0.3) is 0 Å². The minimum absolute atomic E-state index is 0. The number of carbonyl (C=O) groups excluding carboxylic acids is 1.